The number of carbonyl (C=O) groups is 1. The number of amides is 1. The van der Waals surface area contributed by atoms with Crippen molar-refractivity contribution in [2.24, 2.45) is 0 Å². The number of furan rings is 1. The van der Waals surface area contributed by atoms with E-state index in [0.29, 0.717) is 23.4 Å². The van der Waals surface area contributed by atoms with E-state index in [1.807, 2.05) is 0 Å². The van der Waals surface area contributed by atoms with Crippen molar-refractivity contribution in [1.29, 1.82) is 0 Å². The first-order valence-corrected chi connectivity index (χ1v) is 8.41. The summed E-state index contributed by atoms with van der Waals surface area (Å²) in [6.45, 7) is 1.77. The zero-order chi connectivity index (χ0) is 19.4. The number of rotatable bonds is 6. The monoisotopic (exact) mass is 370 g/mol. The maximum atomic E-state index is 13.6. The quantitative estimate of drug-likeness (QED) is 0.692. The second-order valence-electron chi connectivity index (χ2n) is 6.02. The second-order valence-corrected chi connectivity index (χ2v) is 6.02. The van der Waals surface area contributed by atoms with Gasteiger partial charge < -0.3 is 15.5 Å². The molecule has 0 fully saturated rings. The van der Waals surface area contributed by atoms with Crippen molar-refractivity contribution in [3.8, 4) is 11.5 Å². The Morgan fingerprint density at radius 3 is 2.81 bits per heavy atom. The molecule has 1 atom stereocenters. The normalized spacial score (nSPS) is 11.9. The highest BCUT2D eigenvalue weighted by Gasteiger charge is 2.20. The fourth-order valence-electron chi connectivity index (χ4n) is 2.62. The predicted molar refractivity (Wildman–Crippen MR) is 98.4 cm³/mol. The van der Waals surface area contributed by atoms with Gasteiger partial charge in [0, 0.05) is 6.54 Å². The number of nitrogen functional groups attached to an aromatic ring is 1. The largest absolute Gasteiger partial charge is 0.463 e. The fraction of sp³-hybridized carbons (Fsp3) is 0.211. The number of halogens is 1. The van der Waals surface area contributed by atoms with Gasteiger partial charge in [0.15, 0.2) is 5.76 Å². The first kappa shape index (κ1) is 18.4. The minimum atomic E-state index is -0.893. The van der Waals surface area contributed by atoms with E-state index < -0.39 is 17.5 Å². The summed E-state index contributed by atoms with van der Waals surface area (Å²) in [5.74, 6) is -0.309. The number of nitrogens with one attached hydrogen (secondary N) is 1. The lowest BCUT2D eigenvalue weighted by Crippen LogP contribution is -2.38. The number of hydrogen-bond acceptors (Lipinski definition) is 5. The first-order chi connectivity index (χ1) is 13.0. The van der Waals surface area contributed by atoms with Gasteiger partial charge in [-0.2, -0.15) is 5.10 Å². The van der Waals surface area contributed by atoms with Crippen LogP contribution in [0, 0.1) is 5.82 Å². The molecular formula is C19H19FN4O3. The molecule has 1 aromatic carbocycles. The number of nitrogens with zero attached hydrogens (tertiary/aromatic N) is 2. The van der Waals surface area contributed by atoms with Gasteiger partial charge in [0.1, 0.15) is 23.2 Å². The van der Waals surface area contributed by atoms with Gasteiger partial charge in [0.05, 0.1) is 6.26 Å². The summed E-state index contributed by atoms with van der Waals surface area (Å²) < 4.78 is 19.9. The Balaban J connectivity index is 1.73. The van der Waals surface area contributed by atoms with Crippen LogP contribution >= 0.6 is 0 Å². The van der Waals surface area contributed by atoms with E-state index in [1.54, 1.807) is 30.3 Å². The highest BCUT2D eigenvalue weighted by atomic mass is 19.1. The molecule has 8 heteroatoms. The van der Waals surface area contributed by atoms with Crippen LogP contribution in [-0.2, 0) is 11.2 Å². The van der Waals surface area contributed by atoms with Gasteiger partial charge in [-0.15, -0.1) is 0 Å². The average molecular weight is 370 g/mol. The summed E-state index contributed by atoms with van der Waals surface area (Å²) >= 11 is 0. The number of anilines is 1. The molecule has 0 saturated carbocycles. The lowest BCUT2D eigenvalue weighted by atomic mass is 10.1. The fourth-order valence-corrected chi connectivity index (χ4v) is 2.62. The molecule has 1 amide bonds. The van der Waals surface area contributed by atoms with Crippen molar-refractivity contribution in [3.05, 3.63) is 70.5 Å². The summed E-state index contributed by atoms with van der Waals surface area (Å²) in [5.41, 5.74) is 6.02. The molecule has 0 aliphatic heterocycles. The van der Waals surface area contributed by atoms with Crippen LogP contribution < -0.4 is 16.6 Å². The van der Waals surface area contributed by atoms with Gasteiger partial charge >= 0.3 is 0 Å². The molecule has 3 rings (SSSR count). The molecule has 2 heterocycles. The van der Waals surface area contributed by atoms with E-state index >= 15 is 0 Å². The number of nitrogens with two attached hydrogens (primary N) is 1. The number of aromatic nitrogens is 2. The molecule has 0 radical (unpaired) electrons. The summed E-state index contributed by atoms with van der Waals surface area (Å²) in [4.78, 5) is 24.7. The smallest absolute Gasteiger partial charge is 0.290 e. The van der Waals surface area contributed by atoms with Crippen molar-refractivity contribution < 1.29 is 13.6 Å². The average Bonchev–Trinajstić information content (AvgIpc) is 3.19. The highest BCUT2D eigenvalue weighted by Crippen LogP contribution is 2.18. The van der Waals surface area contributed by atoms with E-state index in [2.05, 4.69) is 10.4 Å². The second kappa shape index (κ2) is 7.86. The van der Waals surface area contributed by atoms with E-state index in [-0.39, 0.29) is 18.0 Å². The molecule has 2 aromatic heterocycles. The lowest BCUT2D eigenvalue weighted by Gasteiger charge is -2.15. The standard InChI is InChI=1S/C19H19FN4O3/c1-12(18(25)22-9-8-13-5-2-3-6-14(13)20)24-19(26)15(21)11-16(23-24)17-7-4-10-27-17/h2-7,10-12H,8-9,21H2,1H3,(H,22,25)/t12-/m0/s1. The third-order valence-corrected chi connectivity index (χ3v) is 4.13. The van der Waals surface area contributed by atoms with Crippen molar-refractivity contribution in [1.82, 2.24) is 15.1 Å². The van der Waals surface area contributed by atoms with Crippen LogP contribution in [0.3, 0.4) is 0 Å². The number of carbonyl (C=O) groups excluding carboxylic acids is 1. The molecule has 140 valence electrons. The summed E-state index contributed by atoms with van der Waals surface area (Å²) in [5, 5.41) is 6.87. The van der Waals surface area contributed by atoms with Crippen molar-refractivity contribution in [3.63, 3.8) is 0 Å². The minimum absolute atomic E-state index is 0.0394. The van der Waals surface area contributed by atoms with Gasteiger partial charge in [-0.1, -0.05) is 18.2 Å². The topological polar surface area (TPSA) is 103 Å². The Bertz CT molecular complexity index is 998. The number of benzene rings is 1. The van der Waals surface area contributed by atoms with Gasteiger partial charge in [0.25, 0.3) is 5.56 Å². The highest BCUT2D eigenvalue weighted by molar-refractivity contribution is 5.79. The van der Waals surface area contributed by atoms with E-state index in [4.69, 9.17) is 10.2 Å². The molecule has 3 aromatic rings. The van der Waals surface area contributed by atoms with Crippen LogP contribution in [0.2, 0.25) is 0 Å². The van der Waals surface area contributed by atoms with Crippen molar-refractivity contribution in [2.45, 2.75) is 19.4 Å². The Morgan fingerprint density at radius 1 is 1.33 bits per heavy atom. The lowest BCUT2D eigenvalue weighted by molar-refractivity contribution is -0.124. The summed E-state index contributed by atoms with van der Waals surface area (Å²) in [7, 11) is 0. The molecule has 0 bridgehead atoms. The maximum absolute atomic E-state index is 13.6. The zero-order valence-corrected chi connectivity index (χ0v) is 14.7. The van der Waals surface area contributed by atoms with Crippen LogP contribution in [0.25, 0.3) is 11.5 Å². The maximum Gasteiger partial charge on any atom is 0.290 e. The Kier molecular flexibility index (Phi) is 5.35. The van der Waals surface area contributed by atoms with Gasteiger partial charge in [-0.25, -0.2) is 9.07 Å². The predicted octanol–water partition coefficient (Wildman–Crippen LogP) is 2.14. The van der Waals surface area contributed by atoms with Crippen molar-refractivity contribution >= 4 is 11.6 Å². The molecule has 0 spiro atoms. The SMILES string of the molecule is C[C@@H](C(=O)NCCc1ccccc1F)n1nc(-c2ccco2)cc(N)c1=O. The zero-order valence-electron chi connectivity index (χ0n) is 14.7. The molecule has 0 aliphatic carbocycles. The number of hydrogen-bond donors (Lipinski definition) is 2. The third kappa shape index (κ3) is 4.05. The molecule has 27 heavy (non-hydrogen) atoms. The van der Waals surface area contributed by atoms with Crippen LogP contribution in [0.5, 0.6) is 0 Å². The van der Waals surface area contributed by atoms with Gasteiger partial charge in [-0.3, -0.25) is 9.59 Å². The first-order valence-electron chi connectivity index (χ1n) is 8.41. The molecule has 0 aliphatic rings. The van der Waals surface area contributed by atoms with E-state index in [9.17, 15) is 14.0 Å². The van der Waals surface area contributed by atoms with Crippen LogP contribution in [0.15, 0.2) is 57.9 Å². The third-order valence-electron chi connectivity index (χ3n) is 4.13. The minimum Gasteiger partial charge on any atom is -0.463 e. The van der Waals surface area contributed by atoms with Crippen LogP contribution in [0.1, 0.15) is 18.5 Å². The van der Waals surface area contributed by atoms with Gasteiger partial charge in [-0.05, 0) is 43.2 Å². The van der Waals surface area contributed by atoms with E-state index in [1.165, 1.54) is 25.3 Å². The van der Waals surface area contributed by atoms with Crippen LogP contribution in [-0.4, -0.2) is 22.2 Å². The summed E-state index contributed by atoms with van der Waals surface area (Å²) in [6, 6.07) is 10.2. The van der Waals surface area contributed by atoms with Crippen molar-refractivity contribution in [2.75, 3.05) is 12.3 Å². The molecule has 3 N–H and O–H groups in total. The molecular weight excluding hydrogens is 351 g/mol. The van der Waals surface area contributed by atoms with E-state index in [0.717, 1.165) is 4.68 Å². The molecule has 7 nitrogen and oxygen atoms in total. The Hall–Kier alpha value is -3.42. The van der Waals surface area contributed by atoms with Gasteiger partial charge in [0.2, 0.25) is 5.91 Å². The molecule has 0 unspecified atom stereocenters. The Morgan fingerprint density at radius 2 is 2.11 bits per heavy atom. The van der Waals surface area contributed by atoms with Crippen LogP contribution in [0.4, 0.5) is 10.1 Å². The Labute approximate surface area is 154 Å². The summed E-state index contributed by atoms with van der Waals surface area (Å²) in [6.07, 6.45) is 1.81. The molecule has 0 saturated heterocycles.